The molecule has 2 amide bonds. The number of nitrogens with one attached hydrogen (secondary N) is 2. The molecular formula is C28H24FN5O5S. The number of pyridine rings is 1. The van der Waals surface area contributed by atoms with Crippen molar-refractivity contribution in [1.82, 2.24) is 14.5 Å². The van der Waals surface area contributed by atoms with Crippen LogP contribution in [0.15, 0.2) is 73.3 Å². The highest BCUT2D eigenvalue weighted by molar-refractivity contribution is 7.22. The van der Waals surface area contributed by atoms with Crippen LogP contribution in [0.4, 0.5) is 15.8 Å². The smallest absolute Gasteiger partial charge is 0.233 e. The molecule has 0 aliphatic heterocycles. The predicted octanol–water partition coefficient (Wildman–Crippen LogP) is 5.67. The molecule has 5 aromatic rings. The van der Waals surface area contributed by atoms with Gasteiger partial charge in [0.15, 0.2) is 11.6 Å². The number of rotatable bonds is 10. The average Bonchev–Trinajstić information content (AvgIpc) is 3.58. The van der Waals surface area contributed by atoms with E-state index in [0.717, 1.165) is 21.3 Å². The Morgan fingerprint density at radius 2 is 1.80 bits per heavy atom. The summed E-state index contributed by atoms with van der Waals surface area (Å²) in [6.45, 7) is 0.385. The zero-order chi connectivity index (χ0) is 28.1. The lowest BCUT2D eigenvalue weighted by Crippen LogP contribution is -2.21. The molecule has 5 rings (SSSR count). The fraction of sp³-hybridized carbons (Fsp3) is 0.143. The summed E-state index contributed by atoms with van der Waals surface area (Å²) < 4.78 is 33.7. The molecule has 0 atom stereocenters. The molecule has 0 spiro atoms. The molecular weight excluding hydrogens is 537 g/mol. The van der Waals surface area contributed by atoms with Crippen LogP contribution in [0.1, 0.15) is 6.42 Å². The number of anilines is 2. The second kappa shape index (κ2) is 11.9. The highest BCUT2D eigenvalue weighted by Crippen LogP contribution is 2.39. The van der Waals surface area contributed by atoms with Gasteiger partial charge in [0.1, 0.15) is 24.7 Å². The predicted molar refractivity (Wildman–Crippen MR) is 149 cm³/mol. The molecule has 3 aromatic heterocycles. The van der Waals surface area contributed by atoms with E-state index in [1.807, 2.05) is 16.8 Å². The van der Waals surface area contributed by atoms with E-state index in [1.54, 1.807) is 50.0 Å². The lowest BCUT2D eigenvalue weighted by molar-refractivity contribution is -0.123. The minimum atomic E-state index is -0.684. The zero-order valence-electron chi connectivity index (χ0n) is 21.5. The van der Waals surface area contributed by atoms with Gasteiger partial charge in [-0.05, 0) is 30.3 Å². The van der Waals surface area contributed by atoms with E-state index in [0.29, 0.717) is 29.4 Å². The van der Waals surface area contributed by atoms with Gasteiger partial charge < -0.3 is 29.4 Å². The number of para-hydroxylation sites is 2. The van der Waals surface area contributed by atoms with E-state index in [9.17, 15) is 14.0 Å². The van der Waals surface area contributed by atoms with Gasteiger partial charge in [-0.1, -0.05) is 12.1 Å². The van der Waals surface area contributed by atoms with Crippen molar-refractivity contribution in [3.8, 4) is 27.8 Å². The molecule has 0 saturated heterocycles. The van der Waals surface area contributed by atoms with Crippen LogP contribution in [-0.4, -0.2) is 40.6 Å². The minimum absolute atomic E-state index is 0.0289. The van der Waals surface area contributed by atoms with Crippen molar-refractivity contribution in [3.05, 3.63) is 79.1 Å². The highest BCUT2D eigenvalue weighted by Gasteiger charge is 2.16. The summed E-state index contributed by atoms with van der Waals surface area (Å²) in [6.07, 6.45) is 4.66. The fourth-order valence-electron chi connectivity index (χ4n) is 3.90. The van der Waals surface area contributed by atoms with Gasteiger partial charge in [0, 0.05) is 37.3 Å². The Morgan fingerprint density at radius 1 is 0.975 bits per heavy atom. The lowest BCUT2D eigenvalue weighted by Gasteiger charge is -2.11. The number of hydrogen-bond acceptors (Lipinski definition) is 8. The largest absolute Gasteiger partial charge is 0.495 e. The van der Waals surface area contributed by atoms with Crippen LogP contribution in [0.5, 0.6) is 17.2 Å². The molecule has 0 bridgehead atoms. The first kappa shape index (κ1) is 26.8. The van der Waals surface area contributed by atoms with E-state index in [4.69, 9.17) is 14.2 Å². The van der Waals surface area contributed by atoms with Crippen molar-refractivity contribution in [2.75, 3.05) is 24.9 Å². The first-order valence-electron chi connectivity index (χ1n) is 12.0. The maximum Gasteiger partial charge on any atom is 0.233 e. The summed E-state index contributed by atoms with van der Waals surface area (Å²) >= 11 is 1.42. The van der Waals surface area contributed by atoms with Crippen LogP contribution in [0.2, 0.25) is 0 Å². The van der Waals surface area contributed by atoms with Gasteiger partial charge in [0.05, 0.1) is 39.9 Å². The molecule has 2 aromatic carbocycles. The number of nitrogens with zero attached hydrogens (tertiary/aromatic N) is 3. The van der Waals surface area contributed by atoms with Crippen molar-refractivity contribution >= 4 is 44.7 Å². The molecule has 204 valence electrons. The van der Waals surface area contributed by atoms with Crippen molar-refractivity contribution in [2.24, 2.45) is 0 Å². The van der Waals surface area contributed by atoms with Gasteiger partial charge in [-0.25, -0.2) is 9.37 Å². The van der Waals surface area contributed by atoms with Crippen LogP contribution in [0.3, 0.4) is 0 Å². The number of methoxy groups -OCH3 is 2. The zero-order valence-corrected chi connectivity index (χ0v) is 22.3. The number of amides is 2. The first-order valence-corrected chi connectivity index (χ1v) is 12.8. The molecule has 3 heterocycles. The first-order chi connectivity index (χ1) is 19.4. The van der Waals surface area contributed by atoms with E-state index in [-0.39, 0.29) is 11.4 Å². The Bertz CT molecular complexity index is 1680. The lowest BCUT2D eigenvalue weighted by atomic mass is 10.2. The van der Waals surface area contributed by atoms with Crippen molar-refractivity contribution in [2.45, 2.75) is 13.2 Å². The third-order valence-corrected chi connectivity index (χ3v) is 6.84. The number of thiophene rings is 1. The number of imidazole rings is 1. The Kier molecular flexibility index (Phi) is 7.99. The number of carbonyl (C=O) groups is 2. The number of carbonyl (C=O) groups excluding carboxylic acids is 2. The third kappa shape index (κ3) is 6.08. The Labute approximate surface area is 232 Å². The van der Waals surface area contributed by atoms with Crippen molar-refractivity contribution in [3.63, 3.8) is 0 Å². The second-order valence-corrected chi connectivity index (χ2v) is 9.60. The molecule has 10 nitrogen and oxygen atoms in total. The van der Waals surface area contributed by atoms with Crippen LogP contribution >= 0.6 is 11.3 Å². The third-order valence-electron chi connectivity index (χ3n) is 5.68. The number of benzene rings is 2. The normalized spacial score (nSPS) is 10.9. The van der Waals surface area contributed by atoms with Crippen LogP contribution in [0.25, 0.3) is 20.8 Å². The number of aromatic nitrogens is 3. The maximum absolute atomic E-state index is 15.0. The topological polar surface area (TPSA) is 117 Å². The molecule has 0 saturated carbocycles. The maximum atomic E-state index is 15.0. The van der Waals surface area contributed by atoms with Gasteiger partial charge in [-0.3, -0.25) is 14.6 Å². The summed E-state index contributed by atoms with van der Waals surface area (Å²) in [5, 5.41) is 5.15. The monoisotopic (exact) mass is 561 g/mol. The Balaban J connectivity index is 1.25. The summed E-state index contributed by atoms with van der Waals surface area (Å²) in [4.78, 5) is 34.4. The van der Waals surface area contributed by atoms with Crippen molar-refractivity contribution in [1.29, 1.82) is 0 Å². The molecule has 2 N–H and O–H groups in total. The molecule has 0 radical (unpaired) electrons. The number of hydrogen-bond donors (Lipinski definition) is 2. The number of halogens is 1. The minimum Gasteiger partial charge on any atom is -0.495 e. The molecule has 0 aliphatic rings. The van der Waals surface area contributed by atoms with Gasteiger partial charge in [-0.15, -0.1) is 11.3 Å². The summed E-state index contributed by atoms with van der Waals surface area (Å²) in [5.41, 5.74) is 2.08. The highest BCUT2D eigenvalue weighted by atomic mass is 32.1. The van der Waals surface area contributed by atoms with Gasteiger partial charge in [0.2, 0.25) is 11.8 Å². The molecule has 0 fully saturated rings. The standard InChI is InChI=1S/C28H24FN5O5S/c1-37-16-34-14-21(31-15-34)25-12-20-28(40-25)24(9-10-30-20)39-22-8-7-17(11-18(22)29)32-26(35)13-27(36)33-19-5-3-4-6-23(19)38-2/h3-12,14-15H,13,16H2,1-2H3,(H,32,35)(H,33,36). The SMILES string of the molecule is COCn1cnc(-c2cc3nccc(Oc4ccc(NC(=O)CC(=O)Nc5ccccc5OC)cc4F)c3s2)c1. The van der Waals surface area contributed by atoms with Crippen LogP contribution < -0.4 is 20.1 Å². The van der Waals surface area contributed by atoms with Gasteiger partial charge in [0.25, 0.3) is 0 Å². The van der Waals surface area contributed by atoms with Crippen LogP contribution in [-0.2, 0) is 21.1 Å². The van der Waals surface area contributed by atoms with Crippen molar-refractivity contribution < 1.29 is 28.2 Å². The summed E-state index contributed by atoms with van der Waals surface area (Å²) in [6, 6.07) is 14.4. The quantitative estimate of drug-likeness (QED) is 0.211. The molecule has 40 heavy (non-hydrogen) atoms. The van der Waals surface area contributed by atoms with Crippen LogP contribution in [0, 0.1) is 5.82 Å². The summed E-state index contributed by atoms with van der Waals surface area (Å²) in [5.74, 6) is -0.950. The number of ether oxygens (including phenoxy) is 3. The van der Waals surface area contributed by atoms with Gasteiger partial charge >= 0.3 is 0 Å². The summed E-state index contributed by atoms with van der Waals surface area (Å²) in [7, 11) is 3.09. The molecule has 0 aliphatic carbocycles. The molecule has 0 unspecified atom stereocenters. The average molecular weight is 562 g/mol. The van der Waals surface area contributed by atoms with E-state index < -0.39 is 24.1 Å². The number of fused-ring (bicyclic) bond motifs is 1. The Morgan fingerprint density at radius 3 is 2.60 bits per heavy atom. The van der Waals surface area contributed by atoms with Gasteiger partial charge in [-0.2, -0.15) is 0 Å². The molecule has 12 heteroatoms. The van der Waals surface area contributed by atoms with E-state index in [2.05, 4.69) is 20.6 Å². The van der Waals surface area contributed by atoms with E-state index in [1.165, 1.54) is 30.6 Å². The fourth-order valence-corrected chi connectivity index (χ4v) is 4.93. The Hall–Kier alpha value is -4.81. The second-order valence-electron chi connectivity index (χ2n) is 8.55. The van der Waals surface area contributed by atoms with E-state index >= 15 is 0 Å².